The zero-order valence-corrected chi connectivity index (χ0v) is 11.9. The van der Waals surface area contributed by atoms with Crippen LogP contribution in [0.4, 0.5) is 23.2 Å². The lowest BCUT2D eigenvalue weighted by atomic mass is 10.1. The molecular formula is C14H20F4N2. The lowest BCUT2D eigenvalue weighted by molar-refractivity contribution is 0.156. The summed E-state index contributed by atoms with van der Waals surface area (Å²) in [6, 6.07) is 2.35. The number of rotatable bonds is 7. The van der Waals surface area contributed by atoms with Crippen LogP contribution in [0.3, 0.4) is 0 Å². The molecule has 0 aliphatic rings. The fourth-order valence-electron chi connectivity index (χ4n) is 1.89. The van der Waals surface area contributed by atoms with Gasteiger partial charge in [-0.25, -0.2) is 17.6 Å². The van der Waals surface area contributed by atoms with Crippen molar-refractivity contribution in [3.05, 3.63) is 29.3 Å². The Morgan fingerprint density at radius 2 is 1.70 bits per heavy atom. The van der Waals surface area contributed by atoms with Gasteiger partial charge in [0.1, 0.15) is 17.3 Å². The van der Waals surface area contributed by atoms with Crippen molar-refractivity contribution in [3.8, 4) is 0 Å². The molecule has 1 N–H and O–H groups in total. The van der Waals surface area contributed by atoms with E-state index < -0.39 is 30.3 Å². The second kappa shape index (κ2) is 7.47. The molecule has 0 aliphatic carbocycles. The highest BCUT2D eigenvalue weighted by Gasteiger charge is 2.18. The number of benzene rings is 1. The van der Waals surface area contributed by atoms with Crippen molar-refractivity contribution >= 4 is 5.69 Å². The summed E-state index contributed by atoms with van der Waals surface area (Å²) < 4.78 is 52.2. The van der Waals surface area contributed by atoms with Gasteiger partial charge in [-0.2, -0.15) is 0 Å². The molecule has 114 valence electrons. The van der Waals surface area contributed by atoms with E-state index in [1.165, 1.54) is 19.2 Å². The monoisotopic (exact) mass is 292 g/mol. The van der Waals surface area contributed by atoms with Crippen LogP contribution in [0.1, 0.15) is 19.4 Å². The van der Waals surface area contributed by atoms with Crippen LogP contribution in [0, 0.1) is 17.6 Å². The Morgan fingerprint density at radius 1 is 1.15 bits per heavy atom. The molecule has 0 saturated carbocycles. The molecule has 0 spiro atoms. The molecule has 0 heterocycles. The Labute approximate surface area is 116 Å². The lowest BCUT2D eigenvalue weighted by Crippen LogP contribution is -2.26. The molecule has 0 aromatic heterocycles. The van der Waals surface area contributed by atoms with Gasteiger partial charge in [-0.05, 0) is 30.2 Å². The van der Waals surface area contributed by atoms with E-state index in [4.69, 9.17) is 0 Å². The number of alkyl halides is 2. The highest BCUT2D eigenvalue weighted by Crippen LogP contribution is 2.24. The van der Waals surface area contributed by atoms with E-state index in [1.54, 1.807) is 0 Å². The van der Waals surface area contributed by atoms with Crippen molar-refractivity contribution in [2.45, 2.75) is 26.8 Å². The molecule has 2 nitrogen and oxygen atoms in total. The Bertz CT molecular complexity index is 412. The van der Waals surface area contributed by atoms with Gasteiger partial charge in [0.2, 0.25) is 0 Å². The van der Waals surface area contributed by atoms with Gasteiger partial charge in [0.05, 0.1) is 6.54 Å². The van der Waals surface area contributed by atoms with Gasteiger partial charge in [0.15, 0.2) is 0 Å². The topological polar surface area (TPSA) is 15.3 Å². The second-order valence-electron chi connectivity index (χ2n) is 5.20. The third kappa shape index (κ3) is 5.00. The number of hydrogen-bond acceptors (Lipinski definition) is 2. The van der Waals surface area contributed by atoms with Gasteiger partial charge in [-0.1, -0.05) is 13.8 Å². The van der Waals surface area contributed by atoms with E-state index in [2.05, 4.69) is 5.32 Å². The number of nitrogens with zero attached hydrogens (tertiary/aromatic N) is 1. The molecule has 0 unspecified atom stereocenters. The maximum Gasteiger partial charge on any atom is 0.255 e. The van der Waals surface area contributed by atoms with Crippen molar-refractivity contribution in [1.82, 2.24) is 5.32 Å². The standard InChI is InChI=1S/C14H20F4N2/c1-9(2)6-19-7-10-4-11(15)14(12(16)5-10)20(3)8-13(17)18/h4-5,9,13,19H,6-8H2,1-3H3. The van der Waals surface area contributed by atoms with Crippen LogP contribution in [-0.2, 0) is 6.54 Å². The lowest BCUT2D eigenvalue weighted by Gasteiger charge is -2.20. The minimum atomic E-state index is -2.65. The number of halogens is 4. The minimum Gasteiger partial charge on any atom is -0.364 e. The smallest absolute Gasteiger partial charge is 0.255 e. The second-order valence-corrected chi connectivity index (χ2v) is 5.20. The fraction of sp³-hybridized carbons (Fsp3) is 0.571. The zero-order chi connectivity index (χ0) is 15.3. The zero-order valence-electron chi connectivity index (χ0n) is 11.9. The van der Waals surface area contributed by atoms with E-state index in [0.29, 0.717) is 18.0 Å². The summed E-state index contributed by atoms with van der Waals surface area (Å²) in [6.07, 6.45) is -2.65. The van der Waals surface area contributed by atoms with Crippen molar-refractivity contribution in [3.63, 3.8) is 0 Å². The quantitative estimate of drug-likeness (QED) is 0.775. The Balaban J connectivity index is 2.80. The van der Waals surface area contributed by atoms with Gasteiger partial charge in [0, 0.05) is 13.6 Å². The van der Waals surface area contributed by atoms with Crippen LogP contribution in [0.25, 0.3) is 0 Å². The third-order valence-electron chi connectivity index (χ3n) is 2.75. The van der Waals surface area contributed by atoms with Crippen LogP contribution in [0.15, 0.2) is 12.1 Å². The van der Waals surface area contributed by atoms with Crippen LogP contribution in [0.2, 0.25) is 0 Å². The molecule has 0 radical (unpaired) electrons. The summed E-state index contributed by atoms with van der Waals surface area (Å²) in [5, 5.41) is 3.07. The number of hydrogen-bond donors (Lipinski definition) is 1. The summed E-state index contributed by atoms with van der Waals surface area (Å²) >= 11 is 0. The third-order valence-corrected chi connectivity index (χ3v) is 2.75. The molecule has 0 aliphatic heterocycles. The van der Waals surface area contributed by atoms with E-state index in [9.17, 15) is 17.6 Å². The molecule has 1 aromatic carbocycles. The van der Waals surface area contributed by atoms with Gasteiger partial charge in [-0.3, -0.25) is 0 Å². The summed E-state index contributed by atoms with van der Waals surface area (Å²) in [7, 11) is 1.24. The molecule has 20 heavy (non-hydrogen) atoms. The first-order valence-electron chi connectivity index (χ1n) is 6.49. The molecule has 0 fully saturated rings. The van der Waals surface area contributed by atoms with E-state index in [1.807, 2.05) is 13.8 Å². The fourth-order valence-corrected chi connectivity index (χ4v) is 1.89. The van der Waals surface area contributed by atoms with E-state index in [-0.39, 0.29) is 0 Å². The average Bonchev–Trinajstić information content (AvgIpc) is 2.26. The maximum absolute atomic E-state index is 13.8. The van der Waals surface area contributed by atoms with Crippen LogP contribution in [-0.4, -0.2) is 26.6 Å². The molecule has 1 aromatic rings. The molecule has 0 atom stereocenters. The van der Waals surface area contributed by atoms with Gasteiger partial charge >= 0.3 is 0 Å². The predicted molar refractivity (Wildman–Crippen MR) is 72.2 cm³/mol. The van der Waals surface area contributed by atoms with Crippen LogP contribution >= 0.6 is 0 Å². The maximum atomic E-state index is 13.8. The van der Waals surface area contributed by atoms with Crippen molar-refractivity contribution in [2.75, 3.05) is 25.0 Å². The van der Waals surface area contributed by atoms with Crippen LogP contribution < -0.4 is 10.2 Å². The summed E-state index contributed by atoms with van der Waals surface area (Å²) in [5.41, 5.74) is 0.0350. The molecular weight excluding hydrogens is 272 g/mol. The highest BCUT2D eigenvalue weighted by molar-refractivity contribution is 5.50. The Morgan fingerprint density at radius 3 is 2.15 bits per heavy atom. The van der Waals surface area contributed by atoms with Gasteiger partial charge < -0.3 is 10.2 Å². The Hall–Kier alpha value is -1.30. The van der Waals surface area contributed by atoms with E-state index >= 15 is 0 Å². The van der Waals surface area contributed by atoms with Crippen molar-refractivity contribution < 1.29 is 17.6 Å². The number of anilines is 1. The largest absolute Gasteiger partial charge is 0.364 e. The summed E-state index contributed by atoms with van der Waals surface area (Å²) in [6.45, 7) is 4.41. The van der Waals surface area contributed by atoms with Crippen LogP contribution in [0.5, 0.6) is 0 Å². The Kier molecular flexibility index (Phi) is 6.26. The predicted octanol–water partition coefficient (Wildman–Crippen LogP) is 3.41. The highest BCUT2D eigenvalue weighted by atomic mass is 19.3. The summed E-state index contributed by atoms with van der Waals surface area (Å²) in [4.78, 5) is 0.890. The van der Waals surface area contributed by atoms with E-state index in [0.717, 1.165) is 11.4 Å². The molecule has 6 heteroatoms. The molecule has 0 bridgehead atoms. The first-order chi connectivity index (χ1) is 9.31. The summed E-state index contributed by atoms with van der Waals surface area (Å²) in [5.74, 6) is -1.22. The van der Waals surface area contributed by atoms with Gasteiger partial charge in [0.25, 0.3) is 6.43 Å². The SMILES string of the molecule is CC(C)CNCc1cc(F)c(N(C)CC(F)F)c(F)c1. The average molecular weight is 292 g/mol. The van der Waals surface area contributed by atoms with Crippen molar-refractivity contribution in [2.24, 2.45) is 5.92 Å². The van der Waals surface area contributed by atoms with Gasteiger partial charge in [-0.15, -0.1) is 0 Å². The first kappa shape index (κ1) is 16.8. The molecule has 0 amide bonds. The normalized spacial score (nSPS) is 11.4. The molecule has 0 saturated heterocycles. The first-order valence-corrected chi connectivity index (χ1v) is 6.49. The number of nitrogens with one attached hydrogen (secondary N) is 1. The van der Waals surface area contributed by atoms with Crippen molar-refractivity contribution in [1.29, 1.82) is 0 Å². The molecule has 1 rings (SSSR count). The minimum absolute atomic E-state index is 0.338.